The molecule has 0 spiro atoms. The number of hydrogen-bond donors (Lipinski definition) is 0. The van der Waals surface area contributed by atoms with Gasteiger partial charge in [-0.15, -0.1) is 0 Å². The molecular formula is C6H2BrCl2NO. The first-order valence-corrected chi connectivity index (χ1v) is 4.16. The van der Waals surface area contributed by atoms with Gasteiger partial charge in [0.1, 0.15) is 0 Å². The number of nitrogens with zero attached hydrogens (tertiary/aromatic N) is 1. The maximum atomic E-state index is 10.6. The molecular weight excluding hydrogens is 253 g/mol. The van der Waals surface area contributed by atoms with Crippen molar-refractivity contribution in [3.63, 3.8) is 0 Å². The summed E-state index contributed by atoms with van der Waals surface area (Å²) >= 11 is 14.0. The molecule has 2 nitrogen and oxygen atoms in total. The van der Waals surface area contributed by atoms with Crippen LogP contribution in [0.25, 0.3) is 0 Å². The molecule has 0 aliphatic heterocycles. The lowest BCUT2D eigenvalue weighted by molar-refractivity contribution is 0.108. The van der Waals surface area contributed by atoms with E-state index in [-0.39, 0.29) is 5.56 Å². The van der Waals surface area contributed by atoms with Crippen molar-refractivity contribution in [1.82, 2.24) is 4.98 Å². The monoisotopic (exact) mass is 253 g/mol. The number of rotatable bonds is 1. The van der Waals surface area contributed by atoms with Crippen LogP contribution in [-0.2, 0) is 0 Å². The van der Waals surface area contributed by atoms with E-state index in [4.69, 9.17) is 23.2 Å². The molecule has 1 aromatic heterocycles. The van der Waals surface area contributed by atoms with Crippen LogP contribution in [0.3, 0.4) is 0 Å². The van der Waals surface area contributed by atoms with E-state index in [1.165, 1.54) is 12.4 Å². The quantitative estimate of drug-likeness (QED) is 0.722. The Morgan fingerprint density at radius 3 is 2.64 bits per heavy atom. The van der Waals surface area contributed by atoms with Crippen molar-refractivity contribution in [2.75, 3.05) is 0 Å². The fourth-order valence-electron chi connectivity index (χ4n) is 0.556. The second-order valence-electron chi connectivity index (χ2n) is 1.76. The highest BCUT2D eigenvalue weighted by atomic mass is 79.9. The van der Waals surface area contributed by atoms with Gasteiger partial charge in [-0.05, 0) is 27.5 Å². The molecule has 0 unspecified atom stereocenters. The van der Waals surface area contributed by atoms with Crippen molar-refractivity contribution in [3.05, 3.63) is 27.5 Å². The van der Waals surface area contributed by atoms with E-state index in [1.807, 2.05) is 0 Å². The fraction of sp³-hybridized carbons (Fsp3) is 0. The maximum absolute atomic E-state index is 10.6. The molecule has 0 aromatic carbocycles. The minimum absolute atomic E-state index is 0.211. The first-order chi connectivity index (χ1) is 5.13. The van der Waals surface area contributed by atoms with Crippen LogP contribution in [0.1, 0.15) is 10.4 Å². The number of hydrogen-bond acceptors (Lipinski definition) is 2. The predicted octanol–water partition coefficient (Wildman–Crippen LogP) is 2.88. The highest BCUT2D eigenvalue weighted by Gasteiger charge is 2.09. The van der Waals surface area contributed by atoms with Gasteiger partial charge in [0.05, 0.1) is 15.1 Å². The van der Waals surface area contributed by atoms with Gasteiger partial charge in [-0.25, -0.2) is 0 Å². The van der Waals surface area contributed by atoms with Crippen molar-refractivity contribution in [1.29, 1.82) is 0 Å². The zero-order valence-electron chi connectivity index (χ0n) is 5.14. The van der Waals surface area contributed by atoms with Gasteiger partial charge in [-0.1, -0.05) is 11.6 Å². The summed E-state index contributed by atoms with van der Waals surface area (Å²) in [4.78, 5) is 14.4. The number of carbonyl (C=O) groups is 1. The highest BCUT2D eigenvalue weighted by Crippen LogP contribution is 2.25. The van der Waals surface area contributed by atoms with Gasteiger partial charge < -0.3 is 0 Å². The molecule has 11 heavy (non-hydrogen) atoms. The average molecular weight is 255 g/mol. The lowest BCUT2D eigenvalue weighted by Gasteiger charge is -1.97. The van der Waals surface area contributed by atoms with E-state index >= 15 is 0 Å². The zero-order valence-corrected chi connectivity index (χ0v) is 8.24. The largest absolute Gasteiger partial charge is 0.275 e. The topological polar surface area (TPSA) is 30.0 Å². The van der Waals surface area contributed by atoms with Gasteiger partial charge in [0.2, 0.25) is 0 Å². The molecule has 0 amide bonds. The third-order valence-electron chi connectivity index (χ3n) is 1.05. The second kappa shape index (κ2) is 3.52. The lowest BCUT2D eigenvalue weighted by atomic mass is 10.3. The Labute approximate surface area is 81.7 Å². The molecule has 5 heteroatoms. The Kier molecular flexibility index (Phi) is 2.87. The maximum Gasteiger partial charge on any atom is 0.255 e. The normalized spacial score (nSPS) is 9.73. The minimum Gasteiger partial charge on any atom is -0.275 e. The van der Waals surface area contributed by atoms with Gasteiger partial charge in [0.25, 0.3) is 5.24 Å². The molecule has 0 N–H and O–H groups in total. The van der Waals surface area contributed by atoms with Crippen LogP contribution in [0.2, 0.25) is 5.02 Å². The third kappa shape index (κ3) is 1.92. The zero-order chi connectivity index (χ0) is 8.43. The van der Waals surface area contributed by atoms with Gasteiger partial charge in [-0.2, -0.15) is 0 Å². The van der Waals surface area contributed by atoms with Crippen LogP contribution in [0.15, 0.2) is 16.9 Å². The summed E-state index contributed by atoms with van der Waals surface area (Å²) in [7, 11) is 0. The molecule has 0 fully saturated rings. The molecule has 0 saturated carbocycles. The molecule has 1 heterocycles. The molecule has 0 atom stereocenters. The van der Waals surface area contributed by atoms with Gasteiger partial charge in [-0.3, -0.25) is 9.78 Å². The van der Waals surface area contributed by atoms with Crippen molar-refractivity contribution >= 4 is 44.4 Å². The smallest absolute Gasteiger partial charge is 0.255 e. The van der Waals surface area contributed by atoms with E-state index in [9.17, 15) is 4.79 Å². The van der Waals surface area contributed by atoms with Crippen molar-refractivity contribution in [3.8, 4) is 0 Å². The Bertz CT molecular complexity index is 303. The van der Waals surface area contributed by atoms with E-state index in [0.717, 1.165) is 0 Å². The van der Waals surface area contributed by atoms with Crippen LogP contribution in [-0.4, -0.2) is 10.2 Å². The summed E-state index contributed by atoms with van der Waals surface area (Å²) < 4.78 is 0.561. The number of aromatic nitrogens is 1. The van der Waals surface area contributed by atoms with Gasteiger partial charge in [0, 0.05) is 12.4 Å². The predicted molar refractivity (Wildman–Crippen MR) is 47.1 cm³/mol. The molecule has 0 aliphatic rings. The standard InChI is InChI=1S/C6H2BrCl2NO/c7-4-2-10-1-3(5(4)8)6(9)11/h1-2H. The first kappa shape index (κ1) is 8.97. The van der Waals surface area contributed by atoms with Crippen LogP contribution in [0.5, 0.6) is 0 Å². The summed E-state index contributed by atoms with van der Waals surface area (Å²) in [6.45, 7) is 0. The van der Waals surface area contributed by atoms with Gasteiger partial charge in [0.15, 0.2) is 0 Å². The average Bonchev–Trinajstić information content (AvgIpc) is 1.94. The van der Waals surface area contributed by atoms with Crippen molar-refractivity contribution in [2.24, 2.45) is 0 Å². The summed E-state index contributed by atoms with van der Waals surface area (Å²) in [5, 5.41) is -0.316. The van der Waals surface area contributed by atoms with E-state index in [1.54, 1.807) is 0 Å². The van der Waals surface area contributed by atoms with Crippen LogP contribution >= 0.6 is 39.1 Å². The summed E-state index contributed by atoms with van der Waals surface area (Å²) in [5.41, 5.74) is 0.211. The first-order valence-electron chi connectivity index (χ1n) is 2.61. The molecule has 1 rings (SSSR count). The Morgan fingerprint density at radius 2 is 2.18 bits per heavy atom. The Balaban J connectivity index is 3.27. The van der Waals surface area contributed by atoms with Crippen molar-refractivity contribution in [2.45, 2.75) is 0 Å². The van der Waals surface area contributed by atoms with E-state index in [2.05, 4.69) is 20.9 Å². The lowest BCUT2D eigenvalue weighted by Crippen LogP contribution is -1.91. The Morgan fingerprint density at radius 1 is 1.55 bits per heavy atom. The molecule has 58 valence electrons. The van der Waals surface area contributed by atoms with E-state index in [0.29, 0.717) is 9.50 Å². The summed E-state index contributed by atoms with van der Waals surface area (Å²) in [5.74, 6) is 0. The summed E-state index contributed by atoms with van der Waals surface area (Å²) in [6, 6.07) is 0. The molecule has 0 radical (unpaired) electrons. The van der Waals surface area contributed by atoms with Crippen molar-refractivity contribution < 1.29 is 4.79 Å². The highest BCUT2D eigenvalue weighted by molar-refractivity contribution is 9.10. The Hall–Kier alpha value is -0.120. The minimum atomic E-state index is -0.608. The molecule has 1 aromatic rings. The molecule has 0 aliphatic carbocycles. The summed E-state index contributed by atoms with van der Waals surface area (Å²) in [6.07, 6.45) is 2.81. The number of pyridine rings is 1. The number of carbonyl (C=O) groups excluding carboxylic acids is 1. The third-order valence-corrected chi connectivity index (χ3v) is 2.49. The van der Waals surface area contributed by atoms with Gasteiger partial charge >= 0.3 is 0 Å². The van der Waals surface area contributed by atoms with Crippen LogP contribution < -0.4 is 0 Å². The van der Waals surface area contributed by atoms with Crippen LogP contribution in [0, 0.1) is 0 Å². The van der Waals surface area contributed by atoms with E-state index < -0.39 is 5.24 Å². The second-order valence-corrected chi connectivity index (χ2v) is 3.33. The molecule has 0 bridgehead atoms. The fourth-order valence-corrected chi connectivity index (χ4v) is 1.26. The molecule has 0 saturated heterocycles. The van der Waals surface area contributed by atoms with Crippen LogP contribution in [0.4, 0.5) is 0 Å². The SMILES string of the molecule is O=C(Cl)c1cncc(Br)c1Cl. The number of halogens is 3.